The fourth-order valence-corrected chi connectivity index (χ4v) is 3.29. The van der Waals surface area contributed by atoms with E-state index in [4.69, 9.17) is 0 Å². The van der Waals surface area contributed by atoms with Gasteiger partial charge in [0.2, 0.25) is 0 Å². The molecule has 0 saturated heterocycles. The van der Waals surface area contributed by atoms with Crippen LogP contribution in [0.15, 0.2) is 36.4 Å². The summed E-state index contributed by atoms with van der Waals surface area (Å²) in [6.45, 7) is 1.45. The summed E-state index contributed by atoms with van der Waals surface area (Å²) in [6.07, 6.45) is 0.779. The third-order valence-corrected chi connectivity index (χ3v) is 4.62. The minimum atomic E-state index is -0.305. The maximum atomic E-state index is 12.0. The molecule has 1 aliphatic rings. The molecule has 1 aliphatic heterocycles. The van der Waals surface area contributed by atoms with Gasteiger partial charge < -0.3 is 9.80 Å². The van der Waals surface area contributed by atoms with Gasteiger partial charge in [0.25, 0.3) is 11.6 Å². The number of rotatable bonds is 3. The molecule has 0 aromatic heterocycles. The highest BCUT2D eigenvalue weighted by molar-refractivity contribution is 5.94. The zero-order valence-electron chi connectivity index (χ0n) is 14.7. The zero-order valence-corrected chi connectivity index (χ0v) is 14.7. The van der Waals surface area contributed by atoms with E-state index in [1.807, 2.05) is 25.2 Å². The van der Waals surface area contributed by atoms with Crippen molar-refractivity contribution in [3.05, 3.63) is 63.2 Å². The van der Waals surface area contributed by atoms with E-state index < -0.39 is 0 Å². The summed E-state index contributed by atoms with van der Waals surface area (Å²) in [7, 11) is 5.42. The van der Waals surface area contributed by atoms with Gasteiger partial charge in [-0.25, -0.2) is 0 Å². The Balaban J connectivity index is 2.05. The molecule has 0 aliphatic carbocycles. The smallest absolute Gasteiger partial charge is 0.274 e. The average molecular weight is 339 g/mol. The van der Waals surface area contributed by atoms with Crippen LogP contribution in [0.4, 0.5) is 5.69 Å². The summed E-state index contributed by atoms with van der Waals surface area (Å²) < 4.78 is 0. The van der Waals surface area contributed by atoms with Crippen LogP contribution in [0, 0.1) is 10.1 Å². The molecule has 0 radical (unpaired) electrons. The van der Waals surface area contributed by atoms with Crippen molar-refractivity contribution in [2.75, 3.05) is 27.7 Å². The number of carbonyl (C=O) groups excluding carboxylic acids is 1. The van der Waals surface area contributed by atoms with Crippen LogP contribution in [0.25, 0.3) is 11.1 Å². The van der Waals surface area contributed by atoms with Gasteiger partial charge in [0, 0.05) is 44.4 Å². The molecule has 2 aromatic rings. The Hall–Kier alpha value is -2.73. The molecule has 0 bridgehead atoms. The largest absolute Gasteiger partial charge is 0.345 e. The number of nitro benzene ring substituents is 1. The summed E-state index contributed by atoms with van der Waals surface area (Å²) in [5.41, 5.74) is 4.64. The van der Waals surface area contributed by atoms with Crippen LogP contribution in [0.1, 0.15) is 21.5 Å². The van der Waals surface area contributed by atoms with Gasteiger partial charge in [-0.2, -0.15) is 0 Å². The van der Waals surface area contributed by atoms with E-state index in [-0.39, 0.29) is 16.5 Å². The number of nitro groups is 1. The molecule has 0 saturated carbocycles. The van der Waals surface area contributed by atoms with E-state index in [0.717, 1.165) is 35.2 Å². The fraction of sp³-hybridized carbons (Fsp3) is 0.316. The number of hydrogen-bond acceptors (Lipinski definition) is 4. The summed E-state index contributed by atoms with van der Waals surface area (Å²) in [5, 5.41) is 11.4. The molecule has 6 nitrogen and oxygen atoms in total. The number of likely N-dealkylation sites (N-methyl/N-ethyl adjacent to an activating group) is 1. The van der Waals surface area contributed by atoms with Gasteiger partial charge in [-0.15, -0.1) is 0 Å². The molecule has 0 N–H and O–H groups in total. The molecular formula is C19H21N3O3. The molecule has 25 heavy (non-hydrogen) atoms. The van der Waals surface area contributed by atoms with Gasteiger partial charge in [0.15, 0.2) is 0 Å². The number of hydrogen-bond donors (Lipinski definition) is 0. The Morgan fingerprint density at radius 1 is 1.12 bits per heavy atom. The van der Waals surface area contributed by atoms with Crippen molar-refractivity contribution in [2.24, 2.45) is 0 Å². The van der Waals surface area contributed by atoms with Crippen molar-refractivity contribution in [1.29, 1.82) is 0 Å². The third-order valence-electron chi connectivity index (χ3n) is 4.62. The first-order valence-electron chi connectivity index (χ1n) is 8.18. The predicted octanol–water partition coefficient (Wildman–Crippen LogP) is 2.95. The van der Waals surface area contributed by atoms with Crippen molar-refractivity contribution < 1.29 is 9.72 Å². The molecule has 2 aromatic carbocycles. The molecule has 6 heteroatoms. The molecule has 0 atom stereocenters. The van der Waals surface area contributed by atoms with E-state index >= 15 is 0 Å². The first-order valence-corrected chi connectivity index (χ1v) is 8.18. The lowest BCUT2D eigenvalue weighted by molar-refractivity contribution is -0.385. The molecule has 130 valence electrons. The van der Waals surface area contributed by atoms with Crippen LogP contribution >= 0.6 is 0 Å². The van der Waals surface area contributed by atoms with E-state index in [1.54, 1.807) is 37.2 Å². The monoisotopic (exact) mass is 339 g/mol. The Morgan fingerprint density at radius 3 is 2.40 bits per heavy atom. The Labute approximate surface area is 146 Å². The quantitative estimate of drug-likeness (QED) is 0.637. The van der Waals surface area contributed by atoms with Crippen LogP contribution < -0.4 is 0 Å². The highest BCUT2D eigenvalue weighted by Gasteiger charge is 2.25. The summed E-state index contributed by atoms with van der Waals surface area (Å²) in [6, 6.07) is 10.9. The molecular weight excluding hydrogens is 318 g/mol. The lowest BCUT2D eigenvalue weighted by atomic mass is 9.89. The van der Waals surface area contributed by atoms with Crippen molar-refractivity contribution in [3.8, 4) is 11.1 Å². The van der Waals surface area contributed by atoms with Crippen molar-refractivity contribution >= 4 is 11.6 Å². The normalized spacial score (nSPS) is 14.0. The SMILES string of the molecule is CN1CCc2c(-c3ccc(C(=O)N(C)C)cc3)ccc([N+](=O)[O-])c2C1. The Kier molecular flexibility index (Phi) is 4.55. The van der Waals surface area contributed by atoms with Crippen molar-refractivity contribution in [3.63, 3.8) is 0 Å². The second kappa shape index (κ2) is 6.64. The predicted molar refractivity (Wildman–Crippen MR) is 96.6 cm³/mol. The molecule has 1 heterocycles. The van der Waals surface area contributed by atoms with Gasteiger partial charge in [0.1, 0.15) is 0 Å². The van der Waals surface area contributed by atoms with Gasteiger partial charge in [-0.05, 0) is 48.4 Å². The summed E-state index contributed by atoms with van der Waals surface area (Å²) in [4.78, 5) is 26.7. The van der Waals surface area contributed by atoms with Gasteiger partial charge in [0.05, 0.1) is 4.92 Å². The summed E-state index contributed by atoms with van der Waals surface area (Å²) in [5.74, 6) is -0.0427. The van der Waals surface area contributed by atoms with Crippen LogP contribution in [-0.4, -0.2) is 48.3 Å². The van der Waals surface area contributed by atoms with Crippen LogP contribution in [-0.2, 0) is 13.0 Å². The lowest BCUT2D eigenvalue weighted by Crippen LogP contribution is -2.27. The molecule has 0 unspecified atom stereocenters. The molecule has 0 fully saturated rings. The minimum absolute atomic E-state index is 0.0427. The fourth-order valence-electron chi connectivity index (χ4n) is 3.29. The third kappa shape index (κ3) is 3.25. The van der Waals surface area contributed by atoms with Crippen molar-refractivity contribution in [1.82, 2.24) is 9.80 Å². The second-order valence-electron chi connectivity index (χ2n) is 6.61. The molecule has 0 spiro atoms. The number of amides is 1. The Bertz CT molecular complexity index is 829. The minimum Gasteiger partial charge on any atom is -0.345 e. The lowest BCUT2D eigenvalue weighted by Gasteiger charge is -2.26. The second-order valence-corrected chi connectivity index (χ2v) is 6.61. The van der Waals surface area contributed by atoms with E-state index in [1.165, 1.54) is 0 Å². The van der Waals surface area contributed by atoms with Crippen LogP contribution in [0.2, 0.25) is 0 Å². The topological polar surface area (TPSA) is 66.7 Å². The van der Waals surface area contributed by atoms with Crippen LogP contribution in [0.3, 0.4) is 0 Å². The first kappa shape index (κ1) is 17.1. The van der Waals surface area contributed by atoms with Gasteiger partial charge in [-0.3, -0.25) is 14.9 Å². The number of carbonyl (C=O) groups is 1. The van der Waals surface area contributed by atoms with E-state index in [9.17, 15) is 14.9 Å². The maximum absolute atomic E-state index is 12.0. The maximum Gasteiger partial charge on any atom is 0.274 e. The highest BCUT2D eigenvalue weighted by Crippen LogP contribution is 2.35. The van der Waals surface area contributed by atoms with E-state index in [2.05, 4.69) is 4.90 Å². The zero-order chi connectivity index (χ0) is 18.1. The highest BCUT2D eigenvalue weighted by atomic mass is 16.6. The Morgan fingerprint density at radius 2 is 1.80 bits per heavy atom. The van der Waals surface area contributed by atoms with Gasteiger partial charge >= 0.3 is 0 Å². The van der Waals surface area contributed by atoms with Gasteiger partial charge in [-0.1, -0.05) is 12.1 Å². The summed E-state index contributed by atoms with van der Waals surface area (Å²) >= 11 is 0. The molecule has 1 amide bonds. The van der Waals surface area contributed by atoms with Crippen molar-refractivity contribution in [2.45, 2.75) is 13.0 Å². The average Bonchev–Trinajstić information content (AvgIpc) is 2.59. The number of fused-ring (bicyclic) bond motifs is 1. The van der Waals surface area contributed by atoms with Crippen LogP contribution in [0.5, 0.6) is 0 Å². The molecule has 3 rings (SSSR count). The van der Waals surface area contributed by atoms with E-state index in [0.29, 0.717) is 12.1 Å². The first-order chi connectivity index (χ1) is 11.9. The number of nitrogens with zero attached hydrogens (tertiary/aromatic N) is 3. The number of benzene rings is 2. The standard InChI is InChI=1S/C19H21N3O3/c1-20(2)19(23)14-6-4-13(5-7-14)15-8-9-18(22(24)25)17-12-21(3)11-10-16(15)17/h4-9H,10-12H2,1-3H3.